The van der Waals surface area contributed by atoms with E-state index in [1.54, 1.807) is 11.3 Å². The molecule has 0 fully saturated rings. The maximum Gasteiger partial charge on any atom is 0.407 e. The van der Waals surface area contributed by atoms with Crippen LogP contribution in [0.4, 0.5) is 4.79 Å². The summed E-state index contributed by atoms with van der Waals surface area (Å²) in [6, 6.07) is 2.40. The van der Waals surface area contributed by atoms with Gasteiger partial charge in [-0.1, -0.05) is 13.8 Å². The van der Waals surface area contributed by atoms with Gasteiger partial charge in [-0.25, -0.2) is 4.79 Å². The minimum absolute atomic E-state index is 0.0284. The molecule has 22 heavy (non-hydrogen) atoms. The van der Waals surface area contributed by atoms with Crippen LogP contribution in [0.25, 0.3) is 0 Å². The molecule has 0 aliphatic rings. The number of ether oxygens (including phenoxy) is 1. The first-order chi connectivity index (χ1) is 10.1. The average Bonchev–Trinajstić information content (AvgIpc) is 2.78. The number of rotatable bonds is 6. The van der Waals surface area contributed by atoms with Crippen LogP contribution in [0.15, 0.2) is 15.9 Å². The topological polar surface area (TPSA) is 50.4 Å². The lowest BCUT2D eigenvalue weighted by molar-refractivity contribution is 0.0489. The Balaban J connectivity index is 2.52. The molecule has 0 bridgehead atoms. The predicted octanol–water partition coefficient (Wildman–Crippen LogP) is 4.71. The lowest BCUT2D eigenvalue weighted by Gasteiger charge is -2.27. The molecule has 0 aromatic carbocycles. The van der Waals surface area contributed by atoms with E-state index in [1.807, 2.05) is 20.8 Å². The SMILES string of the molecule is CC(NCC(NC(=O)OC(C)(C)C)C(C)C)c1cc(Br)cs1. The molecule has 0 saturated carbocycles. The van der Waals surface area contributed by atoms with Crippen LogP contribution < -0.4 is 10.6 Å². The van der Waals surface area contributed by atoms with Crippen molar-refractivity contribution in [3.63, 3.8) is 0 Å². The van der Waals surface area contributed by atoms with Crippen LogP contribution in [0, 0.1) is 5.92 Å². The first-order valence-corrected chi connectivity index (χ1v) is 9.22. The highest BCUT2D eigenvalue weighted by molar-refractivity contribution is 9.10. The summed E-state index contributed by atoms with van der Waals surface area (Å²) in [5.74, 6) is 0.322. The van der Waals surface area contributed by atoms with Crippen LogP contribution in [-0.4, -0.2) is 24.3 Å². The molecule has 0 aliphatic heterocycles. The van der Waals surface area contributed by atoms with Gasteiger partial charge in [0.1, 0.15) is 5.60 Å². The highest BCUT2D eigenvalue weighted by Crippen LogP contribution is 2.25. The molecule has 1 aromatic rings. The quantitative estimate of drug-likeness (QED) is 0.738. The fourth-order valence-corrected chi connectivity index (χ4v) is 3.35. The molecule has 2 N–H and O–H groups in total. The Morgan fingerprint density at radius 1 is 1.36 bits per heavy atom. The van der Waals surface area contributed by atoms with Gasteiger partial charge in [-0.15, -0.1) is 11.3 Å². The molecule has 2 unspecified atom stereocenters. The zero-order chi connectivity index (χ0) is 16.9. The number of alkyl carbamates (subject to hydrolysis) is 1. The first kappa shape index (κ1) is 19.5. The van der Waals surface area contributed by atoms with Crippen molar-refractivity contribution in [3.05, 3.63) is 20.8 Å². The van der Waals surface area contributed by atoms with Crippen molar-refractivity contribution in [2.45, 2.75) is 59.2 Å². The zero-order valence-electron chi connectivity index (χ0n) is 14.2. The van der Waals surface area contributed by atoms with Crippen LogP contribution in [0.1, 0.15) is 52.5 Å². The summed E-state index contributed by atoms with van der Waals surface area (Å²) in [6.45, 7) is 12.6. The predicted molar refractivity (Wildman–Crippen MR) is 96.4 cm³/mol. The van der Waals surface area contributed by atoms with Gasteiger partial charge in [-0.2, -0.15) is 0 Å². The molecule has 4 nitrogen and oxygen atoms in total. The van der Waals surface area contributed by atoms with Crippen molar-refractivity contribution in [2.75, 3.05) is 6.54 Å². The second-order valence-corrected chi connectivity index (χ2v) is 8.65. The van der Waals surface area contributed by atoms with Crippen molar-refractivity contribution in [1.29, 1.82) is 0 Å². The average molecular weight is 391 g/mol. The minimum Gasteiger partial charge on any atom is -0.444 e. The van der Waals surface area contributed by atoms with Gasteiger partial charge in [0.05, 0.1) is 0 Å². The van der Waals surface area contributed by atoms with Crippen LogP contribution in [0.2, 0.25) is 0 Å². The first-order valence-electron chi connectivity index (χ1n) is 7.55. The molecular weight excluding hydrogens is 364 g/mol. The van der Waals surface area contributed by atoms with E-state index in [0.717, 1.165) is 4.47 Å². The molecule has 6 heteroatoms. The normalized spacial score (nSPS) is 14.7. The minimum atomic E-state index is -0.477. The second-order valence-electron chi connectivity index (χ2n) is 6.79. The third kappa shape index (κ3) is 7.11. The van der Waals surface area contributed by atoms with Gasteiger partial charge in [0.15, 0.2) is 0 Å². The van der Waals surface area contributed by atoms with Crippen LogP contribution in [0.5, 0.6) is 0 Å². The summed E-state index contributed by atoms with van der Waals surface area (Å²) in [7, 11) is 0. The number of halogens is 1. The maximum atomic E-state index is 11.9. The summed E-state index contributed by atoms with van der Waals surface area (Å²) in [4.78, 5) is 13.2. The van der Waals surface area contributed by atoms with E-state index in [1.165, 1.54) is 4.88 Å². The molecule has 0 spiro atoms. The summed E-state index contributed by atoms with van der Waals surface area (Å²) < 4.78 is 6.44. The van der Waals surface area contributed by atoms with E-state index in [4.69, 9.17) is 4.74 Å². The second kappa shape index (κ2) is 8.31. The number of carbonyl (C=O) groups is 1. The van der Waals surface area contributed by atoms with Crippen LogP contribution in [-0.2, 0) is 4.74 Å². The van der Waals surface area contributed by atoms with Gasteiger partial charge in [-0.05, 0) is 55.6 Å². The van der Waals surface area contributed by atoms with Crippen molar-refractivity contribution < 1.29 is 9.53 Å². The van der Waals surface area contributed by atoms with Gasteiger partial charge in [0.25, 0.3) is 0 Å². The molecule has 1 heterocycles. The van der Waals surface area contributed by atoms with E-state index in [0.29, 0.717) is 12.5 Å². The molecule has 1 rings (SSSR count). The fraction of sp³-hybridized carbons (Fsp3) is 0.688. The maximum absolute atomic E-state index is 11.9. The Bertz CT molecular complexity index is 483. The van der Waals surface area contributed by atoms with Gasteiger partial charge < -0.3 is 15.4 Å². The number of hydrogen-bond acceptors (Lipinski definition) is 4. The number of nitrogens with one attached hydrogen (secondary N) is 2. The molecule has 0 radical (unpaired) electrons. The summed E-state index contributed by atoms with van der Waals surface area (Å²) in [5.41, 5.74) is -0.477. The Hall–Kier alpha value is -0.590. The van der Waals surface area contributed by atoms with Crippen molar-refractivity contribution in [3.8, 4) is 0 Å². The van der Waals surface area contributed by atoms with Crippen molar-refractivity contribution in [2.24, 2.45) is 5.92 Å². The molecular formula is C16H27BrN2O2S. The van der Waals surface area contributed by atoms with E-state index < -0.39 is 5.60 Å². The molecule has 126 valence electrons. The highest BCUT2D eigenvalue weighted by Gasteiger charge is 2.22. The van der Waals surface area contributed by atoms with E-state index >= 15 is 0 Å². The smallest absolute Gasteiger partial charge is 0.407 e. The Kier molecular flexibility index (Phi) is 7.35. The lowest BCUT2D eigenvalue weighted by atomic mass is 10.0. The zero-order valence-corrected chi connectivity index (χ0v) is 16.6. The van der Waals surface area contributed by atoms with Gasteiger partial charge >= 0.3 is 6.09 Å². The standard InChI is InChI=1S/C16H27BrN2O2S/c1-10(2)13(19-15(20)21-16(4,5)6)8-18-11(3)14-7-12(17)9-22-14/h7,9-11,13,18H,8H2,1-6H3,(H,19,20). The number of amides is 1. The van der Waals surface area contributed by atoms with Crippen LogP contribution in [0.3, 0.4) is 0 Å². The Morgan fingerprint density at radius 2 is 2.00 bits per heavy atom. The van der Waals surface area contributed by atoms with Crippen molar-refractivity contribution >= 4 is 33.4 Å². The third-order valence-electron chi connectivity index (χ3n) is 3.17. The van der Waals surface area contributed by atoms with Gasteiger partial charge in [-0.3, -0.25) is 0 Å². The molecule has 0 saturated heterocycles. The molecule has 2 atom stereocenters. The Morgan fingerprint density at radius 3 is 2.45 bits per heavy atom. The monoisotopic (exact) mass is 390 g/mol. The third-order valence-corrected chi connectivity index (χ3v) is 5.04. The highest BCUT2D eigenvalue weighted by atomic mass is 79.9. The van der Waals surface area contributed by atoms with E-state index in [9.17, 15) is 4.79 Å². The van der Waals surface area contributed by atoms with E-state index in [-0.39, 0.29) is 18.2 Å². The van der Waals surface area contributed by atoms with Gasteiger partial charge in [0.2, 0.25) is 0 Å². The fourth-order valence-electron chi connectivity index (χ4n) is 1.87. The lowest BCUT2D eigenvalue weighted by Crippen LogP contribution is -2.47. The number of hydrogen-bond donors (Lipinski definition) is 2. The number of carbonyl (C=O) groups excluding carboxylic acids is 1. The van der Waals surface area contributed by atoms with E-state index in [2.05, 4.69) is 58.8 Å². The molecule has 1 amide bonds. The summed E-state index contributed by atoms with van der Waals surface area (Å²) in [5, 5.41) is 8.51. The Labute approximate surface area is 146 Å². The largest absolute Gasteiger partial charge is 0.444 e. The summed E-state index contributed by atoms with van der Waals surface area (Å²) in [6.07, 6.45) is -0.362. The molecule has 0 aliphatic carbocycles. The van der Waals surface area contributed by atoms with Gasteiger partial charge in [0, 0.05) is 33.4 Å². The van der Waals surface area contributed by atoms with Crippen molar-refractivity contribution in [1.82, 2.24) is 10.6 Å². The van der Waals surface area contributed by atoms with Crippen LogP contribution >= 0.6 is 27.3 Å². The molecule has 1 aromatic heterocycles. The summed E-state index contributed by atoms with van der Waals surface area (Å²) >= 11 is 5.19. The number of thiophene rings is 1.